The van der Waals surface area contributed by atoms with Crippen molar-refractivity contribution in [1.29, 1.82) is 0 Å². The molecule has 1 aromatic carbocycles. The second-order valence-corrected chi connectivity index (χ2v) is 5.04. The minimum atomic E-state index is -1.72. The minimum Gasteiger partial charge on any atom is -0.503 e. The van der Waals surface area contributed by atoms with Crippen LogP contribution in [-0.2, 0) is 0 Å². The molecule has 0 saturated heterocycles. The Kier molecular flexibility index (Phi) is 3.89. The molecule has 3 N–H and O–H groups in total. The van der Waals surface area contributed by atoms with Crippen LogP contribution >= 0.6 is 0 Å². The lowest BCUT2D eigenvalue weighted by molar-refractivity contribution is 0.0935. The van der Waals surface area contributed by atoms with E-state index < -0.39 is 34.7 Å². The van der Waals surface area contributed by atoms with Crippen LogP contribution in [0.4, 0.5) is 13.2 Å². The highest BCUT2D eigenvalue weighted by atomic mass is 19.2. The number of phenolic OH excluding ortho intramolecular Hbond substituents is 1. The highest BCUT2D eigenvalue weighted by molar-refractivity contribution is 5.95. The van der Waals surface area contributed by atoms with Gasteiger partial charge in [0, 0.05) is 13.2 Å². The topological polar surface area (TPSA) is 69.6 Å². The van der Waals surface area contributed by atoms with Crippen molar-refractivity contribution in [3.63, 3.8) is 0 Å². The number of benzene rings is 1. The predicted octanol–water partition coefficient (Wildman–Crippen LogP) is 1.70. The summed E-state index contributed by atoms with van der Waals surface area (Å²) in [5.74, 6) is -7.15. The number of phenols is 1. The van der Waals surface area contributed by atoms with Gasteiger partial charge in [-0.2, -0.15) is 4.39 Å². The van der Waals surface area contributed by atoms with Gasteiger partial charge in [-0.25, -0.2) is 8.78 Å². The van der Waals surface area contributed by atoms with Crippen molar-refractivity contribution < 1.29 is 28.2 Å². The van der Waals surface area contributed by atoms with Gasteiger partial charge in [0.1, 0.15) is 0 Å². The Morgan fingerprint density at radius 2 is 1.95 bits per heavy atom. The number of carbonyl (C=O) groups is 1. The molecule has 0 bridgehead atoms. The molecule has 0 heterocycles. The monoisotopic (exact) mass is 289 g/mol. The summed E-state index contributed by atoms with van der Waals surface area (Å²) in [6, 6.07) is 0.408. The number of rotatable bonds is 5. The van der Waals surface area contributed by atoms with E-state index in [0.717, 1.165) is 12.8 Å². The van der Waals surface area contributed by atoms with Crippen LogP contribution in [-0.4, -0.2) is 29.3 Å². The number of halogens is 3. The number of aliphatic hydroxyl groups excluding tert-OH is 1. The molecule has 1 saturated carbocycles. The number of carbonyl (C=O) groups excluding carboxylic acids is 1. The number of nitrogens with one attached hydrogen (secondary N) is 1. The van der Waals surface area contributed by atoms with Gasteiger partial charge in [0.25, 0.3) is 5.91 Å². The first-order valence-electron chi connectivity index (χ1n) is 6.16. The molecule has 1 aliphatic rings. The second kappa shape index (κ2) is 5.32. The fourth-order valence-corrected chi connectivity index (χ4v) is 2.05. The van der Waals surface area contributed by atoms with Gasteiger partial charge in [0.05, 0.1) is 5.56 Å². The van der Waals surface area contributed by atoms with Gasteiger partial charge in [0.15, 0.2) is 17.4 Å². The van der Waals surface area contributed by atoms with Crippen molar-refractivity contribution >= 4 is 5.91 Å². The zero-order valence-corrected chi connectivity index (χ0v) is 10.5. The van der Waals surface area contributed by atoms with Crippen molar-refractivity contribution in [2.75, 3.05) is 13.2 Å². The number of amides is 1. The first-order valence-corrected chi connectivity index (χ1v) is 6.16. The standard InChI is InChI=1S/C13H14F3NO3/c14-8-5-7(9(15)11(19)10(8)16)12(20)17-6-13(1-2-13)3-4-18/h5,18-19H,1-4,6H2,(H,17,20). The van der Waals surface area contributed by atoms with E-state index in [-0.39, 0.29) is 18.6 Å². The van der Waals surface area contributed by atoms with E-state index >= 15 is 0 Å². The number of aromatic hydroxyl groups is 1. The summed E-state index contributed by atoms with van der Waals surface area (Å²) in [4.78, 5) is 11.7. The highest BCUT2D eigenvalue weighted by Crippen LogP contribution is 2.47. The summed E-state index contributed by atoms with van der Waals surface area (Å²) in [6.45, 7) is 0.196. The van der Waals surface area contributed by atoms with Gasteiger partial charge in [-0.15, -0.1) is 0 Å². The number of hydrogen-bond donors (Lipinski definition) is 3. The molecule has 1 amide bonds. The van der Waals surface area contributed by atoms with Gasteiger partial charge in [-0.3, -0.25) is 4.79 Å². The molecule has 0 spiro atoms. The van der Waals surface area contributed by atoms with Crippen LogP contribution in [0.3, 0.4) is 0 Å². The van der Waals surface area contributed by atoms with Crippen molar-refractivity contribution in [3.8, 4) is 5.75 Å². The Labute approximate surface area is 113 Å². The largest absolute Gasteiger partial charge is 0.503 e. The van der Waals surface area contributed by atoms with Crippen molar-refractivity contribution in [2.24, 2.45) is 5.41 Å². The lowest BCUT2D eigenvalue weighted by Crippen LogP contribution is -2.31. The molecule has 1 aliphatic carbocycles. The van der Waals surface area contributed by atoms with E-state index in [4.69, 9.17) is 10.2 Å². The third kappa shape index (κ3) is 2.72. The third-order valence-electron chi connectivity index (χ3n) is 3.60. The molecule has 0 unspecified atom stereocenters. The molecule has 0 radical (unpaired) electrons. The Morgan fingerprint density at radius 3 is 2.50 bits per heavy atom. The molecule has 0 atom stereocenters. The van der Waals surface area contributed by atoms with Gasteiger partial charge < -0.3 is 15.5 Å². The van der Waals surface area contributed by atoms with E-state index in [2.05, 4.69) is 5.32 Å². The fourth-order valence-electron chi connectivity index (χ4n) is 2.05. The lowest BCUT2D eigenvalue weighted by atomic mass is 10.0. The molecule has 1 aromatic rings. The highest BCUT2D eigenvalue weighted by Gasteiger charge is 2.42. The zero-order chi connectivity index (χ0) is 14.9. The van der Waals surface area contributed by atoms with Crippen LogP contribution in [0.15, 0.2) is 6.07 Å². The molecule has 7 heteroatoms. The zero-order valence-electron chi connectivity index (χ0n) is 10.5. The van der Waals surface area contributed by atoms with Crippen LogP contribution in [0.5, 0.6) is 5.75 Å². The lowest BCUT2D eigenvalue weighted by Gasteiger charge is -2.15. The van der Waals surface area contributed by atoms with E-state index in [1.807, 2.05) is 0 Å². The van der Waals surface area contributed by atoms with Crippen LogP contribution in [0.1, 0.15) is 29.6 Å². The smallest absolute Gasteiger partial charge is 0.254 e. The van der Waals surface area contributed by atoms with Crippen LogP contribution < -0.4 is 5.32 Å². The summed E-state index contributed by atoms with van der Waals surface area (Å²) in [5.41, 5.74) is -0.942. The Morgan fingerprint density at radius 1 is 1.30 bits per heavy atom. The quantitative estimate of drug-likeness (QED) is 0.723. The SMILES string of the molecule is O=C(NCC1(CCO)CC1)c1cc(F)c(F)c(O)c1F. The molecular formula is C13H14F3NO3. The molecule has 1 fully saturated rings. The van der Waals surface area contributed by atoms with Gasteiger partial charge in [-0.1, -0.05) is 0 Å². The molecule has 20 heavy (non-hydrogen) atoms. The second-order valence-electron chi connectivity index (χ2n) is 5.04. The summed E-state index contributed by atoms with van der Waals surface area (Å²) in [5, 5.41) is 20.3. The maximum absolute atomic E-state index is 13.5. The van der Waals surface area contributed by atoms with Crippen LogP contribution in [0.25, 0.3) is 0 Å². The van der Waals surface area contributed by atoms with Crippen molar-refractivity contribution in [1.82, 2.24) is 5.32 Å². The molecular weight excluding hydrogens is 275 g/mol. The predicted molar refractivity (Wildman–Crippen MR) is 63.7 cm³/mol. The van der Waals surface area contributed by atoms with E-state index in [1.165, 1.54) is 0 Å². The van der Waals surface area contributed by atoms with Crippen LogP contribution in [0.2, 0.25) is 0 Å². The number of aliphatic hydroxyl groups is 1. The van der Waals surface area contributed by atoms with Crippen LogP contribution in [0, 0.1) is 22.9 Å². The normalized spacial score (nSPS) is 16.0. The van der Waals surface area contributed by atoms with E-state index in [0.29, 0.717) is 12.5 Å². The minimum absolute atomic E-state index is 0.0177. The summed E-state index contributed by atoms with van der Waals surface area (Å²) in [6.07, 6.45) is 2.18. The first kappa shape index (κ1) is 14.6. The maximum atomic E-state index is 13.5. The Balaban J connectivity index is 2.10. The van der Waals surface area contributed by atoms with Gasteiger partial charge in [-0.05, 0) is 30.7 Å². The van der Waals surface area contributed by atoms with Gasteiger partial charge >= 0.3 is 0 Å². The van der Waals surface area contributed by atoms with E-state index in [1.54, 1.807) is 0 Å². The van der Waals surface area contributed by atoms with Gasteiger partial charge in [0.2, 0.25) is 5.82 Å². The first-order chi connectivity index (χ1) is 9.40. The average Bonchev–Trinajstić information content (AvgIpc) is 3.18. The molecule has 2 rings (SSSR count). The molecule has 0 aliphatic heterocycles. The van der Waals surface area contributed by atoms with E-state index in [9.17, 15) is 18.0 Å². The summed E-state index contributed by atoms with van der Waals surface area (Å²) in [7, 11) is 0. The molecule has 4 nitrogen and oxygen atoms in total. The summed E-state index contributed by atoms with van der Waals surface area (Å²) >= 11 is 0. The molecule has 0 aromatic heterocycles. The average molecular weight is 289 g/mol. The number of hydrogen-bond acceptors (Lipinski definition) is 3. The van der Waals surface area contributed by atoms with Crippen molar-refractivity contribution in [3.05, 3.63) is 29.1 Å². The summed E-state index contributed by atoms with van der Waals surface area (Å²) < 4.78 is 39.5. The third-order valence-corrected chi connectivity index (χ3v) is 3.60. The maximum Gasteiger partial charge on any atom is 0.254 e. The molecule has 110 valence electrons. The fraction of sp³-hybridized carbons (Fsp3) is 0.462. The Hall–Kier alpha value is -1.76. The Bertz CT molecular complexity index is 544. The van der Waals surface area contributed by atoms with Crippen molar-refractivity contribution in [2.45, 2.75) is 19.3 Å².